The second-order valence-electron chi connectivity index (χ2n) is 11.6. The fourth-order valence-electron chi connectivity index (χ4n) is 6.22. The molecule has 0 unspecified atom stereocenters. The van der Waals surface area contributed by atoms with Gasteiger partial charge in [0.1, 0.15) is 0 Å². The minimum atomic E-state index is 0.630. The van der Waals surface area contributed by atoms with Crippen LogP contribution in [0, 0.1) is 11.3 Å². The molecule has 0 amide bonds. The van der Waals surface area contributed by atoms with E-state index in [0.29, 0.717) is 23.0 Å². The molecule has 0 aliphatic heterocycles. The van der Waals surface area contributed by atoms with Gasteiger partial charge in [0.25, 0.3) is 0 Å². The van der Waals surface area contributed by atoms with Gasteiger partial charge >= 0.3 is 0 Å². The average molecular weight is 613 g/mol. The van der Waals surface area contributed by atoms with Crippen molar-refractivity contribution >= 4 is 10.8 Å². The molecule has 8 aromatic rings. The standard InChI is InChI=1S/C44H28N4/c45-29-37-15-7-8-18-38(37)30-21-23-31(24-22-30)39-19-9-16-33-17-10-20-40(41(33)39)32-25-27-36(28-26-32)44-47-42(34-11-3-1-4-12-34)46-43(48-44)35-13-5-2-6-14-35/h1-28H. The molecular weight excluding hydrogens is 585 g/mol. The van der Waals surface area contributed by atoms with Crippen LogP contribution < -0.4 is 0 Å². The van der Waals surface area contributed by atoms with Crippen molar-refractivity contribution in [1.82, 2.24) is 15.0 Å². The Kier molecular flexibility index (Phi) is 7.54. The van der Waals surface area contributed by atoms with Crippen LogP contribution in [-0.2, 0) is 0 Å². The highest BCUT2D eigenvalue weighted by atomic mass is 15.0. The molecule has 0 atom stereocenters. The highest BCUT2D eigenvalue weighted by Gasteiger charge is 2.14. The van der Waals surface area contributed by atoms with E-state index in [1.54, 1.807) is 0 Å². The number of aromatic nitrogens is 3. The maximum absolute atomic E-state index is 9.61. The first-order valence-corrected chi connectivity index (χ1v) is 15.8. The lowest BCUT2D eigenvalue weighted by Gasteiger charge is -2.14. The number of benzene rings is 7. The zero-order valence-corrected chi connectivity index (χ0v) is 26.0. The smallest absolute Gasteiger partial charge is 0.164 e. The van der Waals surface area contributed by atoms with Gasteiger partial charge in [-0.05, 0) is 50.2 Å². The van der Waals surface area contributed by atoms with Crippen LogP contribution in [0.2, 0.25) is 0 Å². The van der Waals surface area contributed by atoms with E-state index in [0.717, 1.165) is 50.1 Å². The molecule has 4 nitrogen and oxygen atoms in total. The van der Waals surface area contributed by atoms with Crippen molar-refractivity contribution in [1.29, 1.82) is 5.26 Å². The van der Waals surface area contributed by atoms with E-state index in [1.807, 2.05) is 84.9 Å². The number of fused-ring (bicyclic) bond motifs is 1. The molecule has 4 heteroatoms. The van der Waals surface area contributed by atoms with Crippen LogP contribution in [0.25, 0.3) is 78.3 Å². The van der Waals surface area contributed by atoms with Gasteiger partial charge in [0, 0.05) is 16.7 Å². The third kappa shape index (κ3) is 5.51. The number of hydrogen-bond acceptors (Lipinski definition) is 4. The fourth-order valence-corrected chi connectivity index (χ4v) is 6.22. The Bertz CT molecular complexity index is 2370. The van der Waals surface area contributed by atoms with E-state index in [9.17, 15) is 5.26 Å². The number of rotatable bonds is 6. The van der Waals surface area contributed by atoms with Gasteiger partial charge < -0.3 is 0 Å². The molecule has 7 aromatic carbocycles. The minimum Gasteiger partial charge on any atom is -0.208 e. The van der Waals surface area contributed by atoms with Gasteiger partial charge in [0.15, 0.2) is 17.5 Å². The normalized spacial score (nSPS) is 10.9. The predicted molar refractivity (Wildman–Crippen MR) is 195 cm³/mol. The molecule has 1 aromatic heterocycles. The van der Waals surface area contributed by atoms with Crippen molar-refractivity contribution in [3.8, 4) is 73.6 Å². The van der Waals surface area contributed by atoms with E-state index in [2.05, 4.69) is 91.0 Å². The van der Waals surface area contributed by atoms with E-state index in [1.165, 1.54) is 10.8 Å². The van der Waals surface area contributed by atoms with Crippen LogP contribution in [0.1, 0.15) is 5.56 Å². The maximum atomic E-state index is 9.61. The Morgan fingerprint density at radius 3 is 1.19 bits per heavy atom. The van der Waals surface area contributed by atoms with E-state index in [4.69, 9.17) is 15.0 Å². The Labute approximate surface area is 279 Å². The van der Waals surface area contributed by atoms with E-state index < -0.39 is 0 Å². The second-order valence-corrected chi connectivity index (χ2v) is 11.6. The van der Waals surface area contributed by atoms with Gasteiger partial charge in [-0.3, -0.25) is 0 Å². The second kappa shape index (κ2) is 12.6. The fraction of sp³-hybridized carbons (Fsp3) is 0. The first kappa shape index (κ1) is 28.8. The summed E-state index contributed by atoms with van der Waals surface area (Å²) >= 11 is 0. The third-order valence-electron chi connectivity index (χ3n) is 8.61. The number of nitriles is 1. The van der Waals surface area contributed by atoms with Crippen LogP contribution >= 0.6 is 0 Å². The molecule has 0 N–H and O–H groups in total. The Morgan fingerprint density at radius 1 is 0.333 bits per heavy atom. The van der Waals surface area contributed by atoms with Crippen LogP contribution in [0.3, 0.4) is 0 Å². The largest absolute Gasteiger partial charge is 0.208 e. The summed E-state index contributed by atoms with van der Waals surface area (Å²) in [4.78, 5) is 14.6. The van der Waals surface area contributed by atoms with Crippen molar-refractivity contribution in [3.05, 3.63) is 175 Å². The van der Waals surface area contributed by atoms with Crippen LogP contribution in [0.5, 0.6) is 0 Å². The highest BCUT2D eigenvalue weighted by Crippen LogP contribution is 2.38. The molecule has 0 bridgehead atoms. The van der Waals surface area contributed by atoms with E-state index in [-0.39, 0.29) is 0 Å². The van der Waals surface area contributed by atoms with Crippen molar-refractivity contribution in [3.63, 3.8) is 0 Å². The summed E-state index contributed by atoms with van der Waals surface area (Å²) in [6.45, 7) is 0. The zero-order valence-electron chi connectivity index (χ0n) is 26.0. The van der Waals surface area contributed by atoms with Crippen molar-refractivity contribution in [2.75, 3.05) is 0 Å². The summed E-state index contributed by atoms with van der Waals surface area (Å²) < 4.78 is 0. The molecule has 0 aliphatic rings. The van der Waals surface area contributed by atoms with Crippen LogP contribution in [0.15, 0.2) is 170 Å². The van der Waals surface area contributed by atoms with E-state index >= 15 is 0 Å². The van der Waals surface area contributed by atoms with Gasteiger partial charge in [0.2, 0.25) is 0 Å². The van der Waals surface area contributed by atoms with Crippen molar-refractivity contribution < 1.29 is 0 Å². The van der Waals surface area contributed by atoms with Gasteiger partial charge in [-0.2, -0.15) is 5.26 Å². The lowest BCUT2D eigenvalue weighted by atomic mass is 9.90. The predicted octanol–water partition coefficient (Wildman–Crippen LogP) is 10.9. The summed E-state index contributed by atoms with van der Waals surface area (Å²) in [6.07, 6.45) is 0. The lowest BCUT2D eigenvalue weighted by molar-refractivity contribution is 1.07. The maximum Gasteiger partial charge on any atom is 0.164 e. The Hall–Kier alpha value is -6.70. The summed E-state index contributed by atoms with van der Waals surface area (Å²) in [5.74, 6) is 1.92. The summed E-state index contributed by atoms with van der Waals surface area (Å²) in [6, 6.07) is 60.0. The molecule has 0 radical (unpaired) electrons. The molecule has 0 aliphatic carbocycles. The number of hydrogen-bond donors (Lipinski definition) is 0. The van der Waals surface area contributed by atoms with Gasteiger partial charge in [-0.1, -0.05) is 164 Å². The highest BCUT2D eigenvalue weighted by molar-refractivity contribution is 6.06. The summed E-state index contributed by atoms with van der Waals surface area (Å²) in [5, 5.41) is 12.0. The monoisotopic (exact) mass is 612 g/mol. The first-order valence-electron chi connectivity index (χ1n) is 15.8. The average Bonchev–Trinajstić information content (AvgIpc) is 3.18. The minimum absolute atomic E-state index is 0.630. The van der Waals surface area contributed by atoms with Gasteiger partial charge in [-0.25, -0.2) is 15.0 Å². The molecule has 1 heterocycles. The molecule has 0 saturated carbocycles. The summed E-state index contributed by atoms with van der Waals surface area (Å²) in [7, 11) is 0. The topological polar surface area (TPSA) is 62.5 Å². The Balaban J connectivity index is 1.19. The number of nitrogens with zero attached hydrogens (tertiary/aromatic N) is 4. The van der Waals surface area contributed by atoms with Gasteiger partial charge in [0.05, 0.1) is 11.6 Å². The van der Waals surface area contributed by atoms with Crippen LogP contribution in [0.4, 0.5) is 0 Å². The van der Waals surface area contributed by atoms with Gasteiger partial charge in [-0.15, -0.1) is 0 Å². The quantitative estimate of drug-likeness (QED) is 0.187. The molecular formula is C44H28N4. The lowest BCUT2D eigenvalue weighted by Crippen LogP contribution is -2.00. The van der Waals surface area contributed by atoms with Crippen molar-refractivity contribution in [2.24, 2.45) is 0 Å². The molecule has 0 saturated heterocycles. The first-order chi connectivity index (χ1) is 23.7. The molecule has 48 heavy (non-hydrogen) atoms. The van der Waals surface area contributed by atoms with Crippen LogP contribution in [-0.4, -0.2) is 15.0 Å². The zero-order chi connectivity index (χ0) is 32.3. The molecule has 0 fully saturated rings. The molecule has 8 rings (SSSR count). The SMILES string of the molecule is N#Cc1ccccc1-c1ccc(-c2cccc3cccc(-c4ccc(-c5nc(-c6ccccc6)nc(-c6ccccc6)n5)cc4)c23)cc1. The Morgan fingerprint density at radius 2 is 0.708 bits per heavy atom. The third-order valence-corrected chi connectivity index (χ3v) is 8.61. The van der Waals surface area contributed by atoms with Crippen molar-refractivity contribution in [2.45, 2.75) is 0 Å². The molecule has 0 spiro atoms. The summed E-state index contributed by atoms with van der Waals surface area (Å²) in [5.41, 5.74) is 9.98. The molecule has 224 valence electrons.